The largest absolute Gasteiger partial charge is 0.440 e. The molecule has 0 aromatic heterocycles. The first-order valence-corrected chi connectivity index (χ1v) is 10.2. The van der Waals surface area contributed by atoms with E-state index >= 15 is 0 Å². The highest BCUT2D eigenvalue weighted by Gasteiger charge is 2.32. The number of nitriles is 1. The number of ether oxygens (including phenoxy) is 2. The number of hydrogen-bond donors (Lipinski definition) is 1. The SMILES string of the molecule is N#CC1=C(N)Oc2cc(OC(=O)c3cc([N+](=O)[O-])ccc3Cl)ccc2C1c1ccccc1Cl. The topological polar surface area (TPSA) is 128 Å². The highest BCUT2D eigenvalue weighted by atomic mass is 35.5. The molecule has 0 saturated heterocycles. The lowest BCUT2D eigenvalue weighted by atomic mass is 9.83. The summed E-state index contributed by atoms with van der Waals surface area (Å²) in [5.74, 6) is -1.20. The highest BCUT2D eigenvalue weighted by Crippen LogP contribution is 2.45. The minimum Gasteiger partial charge on any atom is -0.440 e. The predicted molar refractivity (Wildman–Crippen MR) is 120 cm³/mol. The Bertz CT molecular complexity index is 1380. The van der Waals surface area contributed by atoms with Gasteiger partial charge in [0.1, 0.15) is 23.1 Å². The Labute approximate surface area is 197 Å². The summed E-state index contributed by atoms with van der Waals surface area (Å²) in [5, 5.41) is 21.1. The molecule has 1 atom stereocenters. The number of nitro groups is 1. The Kier molecular flexibility index (Phi) is 5.92. The van der Waals surface area contributed by atoms with E-state index in [2.05, 4.69) is 6.07 Å². The van der Waals surface area contributed by atoms with E-state index in [0.29, 0.717) is 16.1 Å². The predicted octanol–water partition coefficient (Wildman–Crippen LogP) is 5.34. The number of nitro benzene ring substituents is 1. The van der Waals surface area contributed by atoms with Gasteiger partial charge >= 0.3 is 5.97 Å². The van der Waals surface area contributed by atoms with Gasteiger partial charge in [0.15, 0.2) is 0 Å². The van der Waals surface area contributed by atoms with Crippen molar-refractivity contribution in [3.63, 3.8) is 0 Å². The van der Waals surface area contributed by atoms with Crippen molar-refractivity contribution in [1.29, 1.82) is 5.26 Å². The van der Waals surface area contributed by atoms with Gasteiger partial charge in [-0.2, -0.15) is 5.26 Å². The number of allylic oxidation sites excluding steroid dienone is 1. The van der Waals surface area contributed by atoms with Crippen LogP contribution in [0.4, 0.5) is 5.69 Å². The van der Waals surface area contributed by atoms with E-state index in [0.717, 1.165) is 6.07 Å². The first-order chi connectivity index (χ1) is 15.8. The van der Waals surface area contributed by atoms with Crippen LogP contribution in [0.25, 0.3) is 0 Å². The summed E-state index contributed by atoms with van der Waals surface area (Å²) >= 11 is 12.4. The van der Waals surface area contributed by atoms with Crippen LogP contribution in [0, 0.1) is 21.4 Å². The second-order valence-electron chi connectivity index (χ2n) is 6.96. The maximum absolute atomic E-state index is 12.6. The van der Waals surface area contributed by atoms with Crippen LogP contribution >= 0.6 is 23.2 Å². The number of nitrogens with zero attached hydrogens (tertiary/aromatic N) is 2. The molecule has 2 N–H and O–H groups in total. The normalized spacial score (nSPS) is 14.6. The number of fused-ring (bicyclic) bond motifs is 1. The van der Waals surface area contributed by atoms with Gasteiger partial charge in [-0.15, -0.1) is 0 Å². The second kappa shape index (κ2) is 8.82. The number of non-ortho nitro benzene ring substituents is 1. The molecule has 0 aliphatic carbocycles. The van der Waals surface area contributed by atoms with Crippen LogP contribution in [0.1, 0.15) is 27.4 Å². The monoisotopic (exact) mass is 481 g/mol. The zero-order chi connectivity index (χ0) is 23.7. The van der Waals surface area contributed by atoms with Gasteiger partial charge < -0.3 is 15.2 Å². The molecule has 0 fully saturated rings. The van der Waals surface area contributed by atoms with Gasteiger partial charge in [0, 0.05) is 28.8 Å². The molecule has 1 aliphatic heterocycles. The average molecular weight is 482 g/mol. The Morgan fingerprint density at radius 3 is 2.55 bits per heavy atom. The number of esters is 1. The molecule has 1 unspecified atom stereocenters. The molecule has 3 aromatic rings. The minimum atomic E-state index is -0.886. The number of carbonyl (C=O) groups excluding carboxylic acids is 1. The zero-order valence-corrected chi connectivity index (χ0v) is 18.1. The molecule has 0 radical (unpaired) electrons. The molecule has 0 amide bonds. The van der Waals surface area contributed by atoms with Crippen LogP contribution in [0.5, 0.6) is 11.5 Å². The van der Waals surface area contributed by atoms with E-state index in [1.54, 1.807) is 30.3 Å². The molecule has 8 nitrogen and oxygen atoms in total. The van der Waals surface area contributed by atoms with Crippen LogP contribution in [-0.2, 0) is 0 Å². The van der Waals surface area contributed by atoms with Gasteiger partial charge in [0.05, 0.1) is 21.4 Å². The summed E-state index contributed by atoms with van der Waals surface area (Å²) in [6.45, 7) is 0. The molecule has 164 valence electrons. The van der Waals surface area contributed by atoms with Crippen molar-refractivity contribution in [3.05, 3.63) is 109 Å². The third-order valence-electron chi connectivity index (χ3n) is 5.00. The van der Waals surface area contributed by atoms with Crippen molar-refractivity contribution in [1.82, 2.24) is 0 Å². The summed E-state index contributed by atoms with van der Waals surface area (Å²) < 4.78 is 11.0. The summed E-state index contributed by atoms with van der Waals surface area (Å²) in [5.41, 5.74) is 6.99. The number of benzene rings is 3. The van der Waals surface area contributed by atoms with Gasteiger partial charge in [-0.25, -0.2) is 4.79 Å². The molecule has 1 aliphatic rings. The number of halogens is 2. The molecule has 3 aromatic carbocycles. The van der Waals surface area contributed by atoms with Crippen molar-refractivity contribution < 1.29 is 19.2 Å². The van der Waals surface area contributed by atoms with E-state index in [4.69, 9.17) is 38.4 Å². The Morgan fingerprint density at radius 2 is 1.85 bits per heavy atom. The van der Waals surface area contributed by atoms with E-state index in [9.17, 15) is 20.2 Å². The smallest absolute Gasteiger partial charge is 0.345 e. The molecular weight excluding hydrogens is 469 g/mol. The first kappa shape index (κ1) is 22.1. The van der Waals surface area contributed by atoms with Crippen LogP contribution in [0.15, 0.2) is 72.1 Å². The fourth-order valence-corrected chi connectivity index (χ4v) is 3.91. The lowest BCUT2D eigenvalue weighted by Gasteiger charge is -2.27. The lowest BCUT2D eigenvalue weighted by Crippen LogP contribution is -2.21. The van der Waals surface area contributed by atoms with Crippen molar-refractivity contribution in [2.24, 2.45) is 5.73 Å². The lowest BCUT2D eigenvalue weighted by molar-refractivity contribution is -0.384. The molecular formula is C23H13Cl2N3O5. The third-order valence-corrected chi connectivity index (χ3v) is 5.67. The quantitative estimate of drug-likeness (QED) is 0.230. The average Bonchev–Trinajstić information content (AvgIpc) is 2.78. The fraction of sp³-hybridized carbons (Fsp3) is 0.0435. The summed E-state index contributed by atoms with van der Waals surface area (Å²) in [4.78, 5) is 23.0. The number of nitrogens with two attached hydrogens (primary N) is 1. The highest BCUT2D eigenvalue weighted by molar-refractivity contribution is 6.33. The van der Waals surface area contributed by atoms with Gasteiger partial charge in [-0.05, 0) is 23.8 Å². The van der Waals surface area contributed by atoms with Crippen LogP contribution in [0.3, 0.4) is 0 Å². The molecule has 4 rings (SSSR count). The van der Waals surface area contributed by atoms with E-state index in [1.807, 2.05) is 0 Å². The molecule has 1 heterocycles. The Hall–Kier alpha value is -4.06. The first-order valence-electron chi connectivity index (χ1n) is 9.42. The van der Waals surface area contributed by atoms with Gasteiger partial charge in [-0.3, -0.25) is 10.1 Å². The fourth-order valence-electron chi connectivity index (χ4n) is 3.47. The number of hydrogen-bond acceptors (Lipinski definition) is 7. The van der Waals surface area contributed by atoms with Crippen LogP contribution in [-0.4, -0.2) is 10.9 Å². The number of carbonyl (C=O) groups is 1. The molecule has 0 saturated carbocycles. The Balaban J connectivity index is 1.70. The molecule has 0 bridgehead atoms. The van der Waals surface area contributed by atoms with Crippen LogP contribution in [0.2, 0.25) is 10.0 Å². The number of rotatable bonds is 4. The van der Waals surface area contributed by atoms with Crippen LogP contribution < -0.4 is 15.2 Å². The van der Waals surface area contributed by atoms with Gasteiger partial charge in [-0.1, -0.05) is 47.5 Å². The second-order valence-corrected chi connectivity index (χ2v) is 7.77. The van der Waals surface area contributed by atoms with Gasteiger partial charge in [0.2, 0.25) is 5.88 Å². The van der Waals surface area contributed by atoms with E-state index in [-0.39, 0.29) is 39.2 Å². The Morgan fingerprint density at radius 1 is 1.09 bits per heavy atom. The summed E-state index contributed by atoms with van der Waals surface area (Å²) in [6.07, 6.45) is 0. The third kappa shape index (κ3) is 4.20. The maximum Gasteiger partial charge on any atom is 0.345 e. The van der Waals surface area contributed by atoms with E-state index in [1.165, 1.54) is 24.3 Å². The maximum atomic E-state index is 12.6. The summed E-state index contributed by atoms with van der Waals surface area (Å²) in [6, 6.07) is 17.2. The standard InChI is InChI=1S/C23H13Cl2N3O5/c24-18-4-2-1-3-14(18)21-15-7-6-13(10-20(15)33-22(27)17(21)11-26)32-23(29)16-9-12(28(30)31)5-8-19(16)25/h1-10,21H,27H2. The van der Waals surface area contributed by atoms with Gasteiger partial charge in [0.25, 0.3) is 5.69 Å². The minimum absolute atomic E-state index is 0.00410. The van der Waals surface area contributed by atoms with Crippen molar-refractivity contribution >= 4 is 34.9 Å². The summed E-state index contributed by atoms with van der Waals surface area (Å²) in [7, 11) is 0. The van der Waals surface area contributed by atoms with Crippen molar-refractivity contribution in [2.75, 3.05) is 0 Å². The van der Waals surface area contributed by atoms with Crippen molar-refractivity contribution in [2.45, 2.75) is 5.92 Å². The zero-order valence-electron chi connectivity index (χ0n) is 16.6. The molecule has 33 heavy (non-hydrogen) atoms. The molecule has 0 spiro atoms. The van der Waals surface area contributed by atoms with E-state index < -0.39 is 16.8 Å². The van der Waals surface area contributed by atoms with Crippen molar-refractivity contribution in [3.8, 4) is 17.6 Å². The molecule has 10 heteroatoms.